The molecule has 4 rings (SSSR count). The predicted molar refractivity (Wildman–Crippen MR) is 124 cm³/mol. The lowest BCUT2D eigenvalue weighted by molar-refractivity contribution is -0.131. The van der Waals surface area contributed by atoms with Gasteiger partial charge in [-0.15, -0.1) is 0 Å². The number of rotatable bonds is 3. The van der Waals surface area contributed by atoms with E-state index in [1.165, 1.54) is 25.7 Å². The molecule has 0 radical (unpaired) electrons. The van der Waals surface area contributed by atoms with Gasteiger partial charge in [-0.1, -0.05) is 56.7 Å². The average Bonchev–Trinajstić information content (AvgIpc) is 2.85. The zero-order valence-electron chi connectivity index (χ0n) is 18.8. The summed E-state index contributed by atoms with van der Waals surface area (Å²) in [6.07, 6.45) is 10.5. The molecule has 3 aliphatic rings. The van der Waals surface area contributed by atoms with Crippen LogP contribution in [0.4, 0.5) is 5.69 Å². The Labute approximate surface area is 185 Å². The number of likely N-dealkylation sites (tertiary alicyclic amines) is 1. The molecular formula is C25H36N4O2. The van der Waals surface area contributed by atoms with E-state index in [0.29, 0.717) is 5.92 Å². The van der Waals surface area contributed by atoms with Crippen molar-refractivity contribution in [2.24, 2.45) is 16.6 Å². The first-order chi connectivity index (χ1) is 15.1. The molecule has 31 heavy (non-hydrogen) atoms. The zero-order chi connectivity index (χ0) is 21.8. The molecule has 0 bridgehead atoms. The van der Waals surface area contributed by atoms with Crippen LogP contribution in [0.2, 0.25) is 0 Å². The first-order valence-corrected chi connectivity index (χ1v) is 12.1. The first kappa shape index (κ1) is 22.0. The van der Waals surface area contributed by atoms with E-state index in [2.05, 4.69) is 6.07 Å². The molecule has 2 N–H and O–H groups in total. The van der Waals surface area contributed by atoms with Crippen LogP contribution in [0.1, 0.15) is 75.3 Å². The third-order valence-corrected chi connectivity index (χ3v) is 7.07. The van der Waals surface area contributed by atoms with Gasteiger partial charge in [0.2, 0.25) is 5.91 Å². The Bertz CT molecular complexity index is 836. The fourth-order valence-electron chi connectivity index (χ4n) is 5.36. The van der Waals surface area contributed by atoms with E-state index < -0.39 is 6.17 Å². The van der Waals surface area contributed by atoms with Gasteiger partial charge in [-0.25, -0.2) is 0 Å². The topological polar surface area (TPSA) is 79.0 Å². The van der Waals surface area contributed by atoms with Gasteiger partial charge in [0.25, 0.3) is 5.91 Å². The largest absolute Gasteiger partial charge is 0.341 e. The Morgan fingerprint density at radius 2 is 1.68 bits per heavy atom. The van der Waals surface area contributed by atoms with Crippen molar-refractivity contribution in [1.29, 1.82) is 0 Å². The number of carbonyl (C=O) groups excluding carboxylic acids is 2. The number of nitrogens with zero attached hydrogens (tertiary/aromatic N) is 3. The van der Waals surface area contributed by atoms with Gasteiger partial charge in [0, 0.05) is 30.3 Å². The maximum absolute atomic E-state index is 13.4. The number of aliphatic imine (C=N–C) groups is 1. The summed E-state index contributed by atoms with van der Waals surface area (Å²) in [5.74, 6) is 0.0673. The predicted octanol–water partition coefficient (Wildman–Crippen LogP) is 3.79. The summed E-state index contributed by atoms with van der Waals surface area (Å²) in [5.41, 5.74) is 10.0. The van der Waals surface area contributed by atoms with Gasteiger partial charge in [0.05, 0.1) is 5.69 Å². The van der Waals surface area contributed by atoms with Crippen molar-refractivity contribution in [1.82, 2.24) is 4.90 Å². The standard InChI is InChI=1S/C25H36N4O2/c1-18-11-10-14-20-22(19-12-6-5-7-13-19)27-24(26)25(31)29(23(18)20)17-21(30)28-15-8-3-2-4-9-16-28/h10-11,14,19,24H,2-9,12-13,15-17,26H2,1H3/t24-/m0/s1. The summed E-state index contributed by atoms with van der Waals surface area (Å²) >= 11 is 0. The third-order valence-electron chi connectivity index (χ3n) is 7.07. The van der Waals surface area contributed by atoms with Gasteiger partial charge >= 0.3 is 0 Å². The lowest BCUT2D eigenvalue weighted by Crippen LogP contribution is -2.48. The van der Waals surface area contributed by atoms with Crippen LogP contribution >= 0.6 is 0 Å². The SMILES string of the molecule is Cc1cccc2c1N(CC(=O)N1CCCCCCC1)C(=O)[C@@H](N)N=C2C1CCCCC1. The van der Waals surface area contributed by atoms with Gasteiger partial charge in [-0.2, -0.15) is 0 Å². The molecule has 0 aromatic heterocycles. The van der Waals surface area contributed by atoms with Gasteiger partial charge in [0.15, 0.2) is 6.17 Å². The number of benzene rings is 1. The Morgan fingerprint density at radius 3 is 2.39 bits per heavy atom. The van der Waals surface area contributed by atoms with Crippen LogP contribution < -0.4 is 10.6 Å². The molecule has 1 atom stereocenters. The summed E-state index contributed by atoms with van der Waals surface area (Å²) < 4.78 is 0. The zero-order valence-corrected chi connectivity index (χ0v) is 18.8. The highest BCUT2D eigenvalue weighted by atomic mass is 16.2. The van der Waals surface area contributed by atoms with E-state index in [-0.39, 0.29) is 18.4 Å². The number of aryl methyl sites for hydroxylation is 1. The number of nitrogens with two attached hydrogens (primary N) is 1. The second-order valence-electron chi connectivity index (χ2n) is 9.34. The number of fused-ring (bicyclic) bond motifs is 1. The summed E-state index contributed by atoms with van der Waals surface area (Å²) in [6, 6.07) is 6.08. The minimum atomic E-state index is -0.955. The third kappa shape index (κ3) is 4.84. The highest BCUT2D eigenvalue weighted by Gasteiger charge is 2.35. The number of anilines is 1. The molecule has 6 nitrogen and oxygen atoms in total. The fourth-order valence-corrected chi connectivity index (χ4v) is 5.36. The monoisotopic (exact) mass is 424 g/mol. The van der Waals surface area contributed by atoms with Crippen molar-refractivity contribution >= 4 is 23.2 Å². The molecule has 1 saturated carbocycles. The number of carbonyl (C=O) groups is 2. The maximum Gasteiger partial charge on any atom is 0.266 e. The van der Waals surface area contributed by atoms with E-state index in [9.17, 15) is 9.59 Å². The molecule has 1 aromatic rings. The molecular weight excluding hydrogens is 388 g/mol. The minimum Gasteiger partial charge on any atom is -0.341 e. The Kier molecular flexibility index (Phi) is 7.06. The van der Waals surface area contributed by atoms with Gasteiger partial charge < -0.3 is 10.6 Å². The summed E-state index contributed by atoms with van der Waals surface area (Å²) in [5, 5.41) is 0. The molecule has 168 valence electrons. The first-order valence-electron chi connectivity index (χ1n) is 12.1. The van der Waals surface area contributed by atoms with Crippen LogP contribution in [0.15, 0.2) is 23.2 Å². The second-order valence-corrected chi connectivity index (χ2v) is 9.34. The number of amides is 2. The normalized spacial score (nSPS) is 23.5. The lowest BCUT2D eigenvalue weighted by Gasteiger charge is -2.30. The highest BCUT2D eigenvalue weighted by molar-refractivity contribution is 6.15. The van der Waals surface area contributed by atoms with Crippen molar-refractivity contribution in [3.63, 3.8) is 0 Å². The van der Waals surface area contributed by atoms with Gasteiger partial charge in [-0.05, 0) is 38.2 Å². The average molecular weight is 425 g/mol. The number of hydrogen-bond acceptors (Lipinski definition) is 4. The molecule has 1 aromatic carbocycles. The van der Waals surface area contributed by atoms with E-state index in [4.69, 9.17) is 10.7 Å². The Hall–Kier alpha value is -2.21. The molecule has 6 heteroatoms. The van der Waals surface area contributed by atoms with Crippen molar-refractivity contribution in [3.8, 4) is 0 Å². The molecule has 2 heterocycles. The minimum absolute atomic E-state index is 0.0118. The fraction of sp³-hybridized carbons (Fsp3) is 0.640. The summed E-state index contributed by atoms with van der Waals surface area (Å²) in [4.78, 5) is 34.9. The summed E-state index contributed by atoms with van der Waals surface area (Å²) in [6.45, 7) is 3.60. The van der Waals surface area contributed by atoms with Crippen molar-refractivity contribution in [2.75, 3.05) is 24.5 Å². The molecule has 0 spiro atoms. The maximum atomic E-state index is 13.4. The van der Waals surface area contributed by atoms with Gasteiger partial charge in [-0.3, -0.25) is 19.5 Å². The molecule has 2 fully saturated rings. The van der Waals surface area contributed by atoms with Crippen LogP contribution in [-0.2, 0) is 9.59 Å². The smallest absolute Gasteiger partial charge is 0.266 e. The molecule has 2 aliphatic heterocycles. The molecule has 1 aliphatic carbocycles. The van der Waals surface area contributed by atoms with Crippen LogP contribution in [0.25, 0.3) is 0 Å². The lowest BCUT2D eigenvalue weighted by atomic mass is 9.82. The highest BCUT2D eigenvalue weighted by Crippen LogP contribution is 2.35. The van der Waals surface area contributed by atoms with E-state index >= 15 is 0 Å². The van der Waals surface area contributed by atoms with Crippen LogP contribution in [0.5, 0.6) is 0 Å². The van der Waals surface area contributed by atoms with Crippen LogP contribution in [-0.4, -0.2) is 48.2 Å². The second kappa shape index (κ2) is 9.94. The van der Waals surface area contributed by atoms with E-state index in [1.807, 2.05) is 24.0 Å². The van der Waals surface area contributed by atoms with Crippen molar-refractivity contribution < 1.29 is 9.59 Å². The van der Waals surface area contributed by atoms with Crippen LogP contribution in [0.3, 0.4) is 0 Å². The molecule has 1 saturated heterocycles. The molecule has 0 unspecified atom stereocenters. The Balaban J connectivity index is 1.66. The van der Waals surface area contributed by atoms with Crippen molar-refractivity contribution in [3.05, 3.63) is 29.3 Å². The number of hydrogen-bond donors (Lipinski definition) is 1. The van der Waals surface area contributed by atoms with E-state index in [1.54, 1.807) is 4.90 Å². The van der Waals surface area contributed by atoms with E-state index in [0.717, 1.165) is 74.1 Å². The summed E-state index contributed by atoms with van der Waals surface area (Å²) in [7, 11) is 0. The number of para-hydroxylation sites is 1. The quantitative estimate of drug-likeness (QED) is 0.802. The van der Waals surface area contributed by atoms with Gasteiger partial charge in [0.1, 0.15) is 6.54 Å². The molecule has 2 amide bonds. The van der Waals surface area contributed by atoms with Crippen LogP contribution in [0, 0.1) is 12.8 Å². The van der Waals surface area contributed by atoms with Crippen molar-refractivity contribution in [2.45, 2.75) is 77.3 Å². The number of benzodiazepines with no additional fused rings is 1. The Morgan fingerprint density at radius 1 is 1.03 bits per heavy atom.